The van der Waals surface area contributed by atoms with E-state index in [2.05, 4.69) is 21.3 Å². The Morgan fingerprint density at radius 2 is 1.53 bits per heavy atom. The number of nitrogens with two attached hydrogens (primary N) is 1. The predicted molar refractivity (Wildman–Crippen MR) is 139 cm³/mol. The van der Waals surface area contributed by atoms with E-state index in [1.807, 2.05) is 42.5 Å². The number of hydrogen-bond donors (Lipinski definition) is 6. The third-order valence-corrected chi connectivity index (χ3v) is 5.64. The molecule has 0 aromatic heterocycles. The molecule has 0 bridgehead atoms. The number of fused-ring (bicyclic) bond motifs is 1. The van der Waals surface area contributed by atoms with Gasteiger partial charge in [-0.2, -0.15) is 0 Å². The summed E-state index contributed by atoms with van der Waals surface area (Å²) in [6.07, 6.45) is -1.08. The molecule has 3 atom stereocenters. The van der Waals surface area contributed by atoms with Gasteiger partial charge in [0.1, 0.15) is 12.1 Å². The molecule has 0 heterocycles. The number of primary amides is 1. The Balaban J connectivity index is 1.90. The van der Waals surface area contributed by atoms with Gasteiger partial charge in [-0.15, -0.1) is 0 Å². The second-order valence-electron chi connectivity index (χ2n) is 9.32. The summed E-state index contributed by atoms with van der Waals surface area (Å²) in [6.45, 7) is 4.24. The van der Waals surface area contributed by atoms with Crippen LogP contribution < -0.4 is 27.0 Å². The van der Waals surface area contributed by atoms with Crippen LogP contribution in [0.3, 0.4) is 0 Å². The highest BCUT2D eigenvalue weighted by molar-refractivity contribution is 6.38. The second kappa shape index (κ2) is 13.7. The maximum atomic E-state index is 12.4. The van der Waals surface area contributed by atoms with Crippen molar-refractivity contribution in [3.8, 4) is 0 Å². The average Bonchev–Trinajstić information content (AvgIpc) is 2.85. The van der Waals surface area contributed by atoms with Crippen LogP contribution in [0.25, 0.3) is 10.8 Å². The molecule has 2 aromatic carbocycles. The topological polar surface area (TPSA) is 197 Å². The molecule has 0 spiro atoms. The van der Waals surface area contributed by atoms with Crippen LogP contribution in [0.2, 0.25) is 0 Å². The van der Waals surface area contributed by atoms with Crippen LogP contribution in [0, 0.1) is 5.92 Å². The SMILES string of the molecule is CC(C)C[C@H](NC(=O)O)C(=O)NC(C)C(=O)C(=O)NCC(=O)N[C@@H](Cc1ccc2ccccc2c1)C(N)=O. The van der Waals surface area contributed by atoms with Crippen LogP contribution in [0.15, 0.2) is 42.5 Å². The van der Waals surface area contributed by atoms with Crippen LogP contribution in [0.5, 0.6) is 0 Å². The largest absolute Gasteiger partial charge is 0.465 e. The van der Waals surface area contributed by atoms with Gasteiger partial charge in [0.05, 0.1) is 12.6 Å². The van der Waals surface area contributed by atoms with E-state index < -0.39 is 60.2 Å². The zero-order valence-corrected chi connectivity index (χ0v) is 21.4. The summed E-state index contributed by atoms with van der Waals surface area (Å²) < 4.78 is 0. The third kappa shape index (κ3) is 9.19. The van der Waals surface area contributed by atoms with Crippen LogP contribution >= 0.6 is 0 Å². The molecule has 12 heteroatoms. The summed E-state index contributed by atoms with van der Waals surface area (Å²) in [5.74, 6) is -4.45. The molecule has 0 radical (unpaired) electrons. The van der Waals surface area contributed by atoms with Gasteiger partial charge in [0.15, 0.2) is 0 Å². The molecule has 0 aliphatic carbocycles. The van der Waals surface area contributed by atoms with Gasteiger partial charge < -0.3 is 32.1 Å². The lowest BCUT2D eigenvalue weighted by Gasteiger charge is -2.21. The first-order chi connectivity index (χ1) is 17.9. The lowest BCUT2D eigenvalue weighted by Crippen LogP contribution is -2.54. The molecule has 0 aliphatic rings. The first-order valence-corrected chi connectivity index (χ1v) is 12.1. The minimum absolute atomic E-state index is 0.0177. The zero-order chi connectivity index (χ0) is 28.4. The van der Waals surface area contributed by atoms with Gasteiger partial charge >= 0.3 is 6.09 Å². The van der Waals surface area contributed by atoms with E-state index in [1.54, 1.807) is 13.8 Å². The molecule has 2 rings (SSSR count). The Labute approximate surface area is 219 Å². The molecule has 1 unspecified atom stereocenters. The van der Waals surface area contributed by atoms with Gasteiger partial charge in [-0.05, 0) is 35.6 Å². The summed E-state index contributed by atoms with van der Waals surface area (Å²) in [4.78, 5) is 72.2. The fourth-order valence-electron chi connectivity index (χ4n) is 3.75. The van der Waals surface area contributed by atoms with Gasteiger partial charge in [0, 0.05) is 6.42 Å². The Morgan fingerprint density at radius 3 is 2.13 bits per heavy atom. The van der Waals surface area contributed by atoms with Crippen molar-refractivity contribution in [3.05, 3.63) is 48.0 Å². The Kier molecular flexibility index (Phi) is 10.7. The number of rotatable bonds is 13. The Morgan fingerprint density at radius 1 is 0.868 bits per heavy atom. The van der Waals surface area contributed by atoms with E-state index in [0.29, 0.717) is 0 Å². The van der Waals surface area contributed by atoms with Crippen LogP contribution in [-0.2, 0) is 30.4 Å². The highest BCUT2D eigenvalue weighted by atomic mass is 16.4. The molecule has 204 valence electrons. The first kappa shape index (κ1) is 29.7. The van der Waals surface area contributed by atoms with E-state index in [1.165, 1.54) is 6.92 Å². The van der Waals surface area contributed by atoms with Crippen molar-refractivity contribution < 1.29 is 33.9 Å². The number of benzene rings is 2. The lowest BCUT2D eigenvalue weighted by atomic mass is 10.0. The van der Waals surface area contributed by atoms with Gasteiger partial charge in [0.25, 0.3) is 5.91 Å². The molecule has 5 amide bonds. The maximum absolute atomic E-state index is 12.4. The minimum atomic E-state index is -1.40. The number of ketones is 1. The van der Waals surface area contributed by atoms with Crippen LogP contribution in [0.1, 0.15) is 32.8 Å². The molecular weight excluding hydrogens is 494 g/mol. The van der Waals surface area contributed by atoms with E-state index >= 15 is 0 Å². The molecule has 0 saturated carbocycles. The average molecular weight is 528 g/mol. The molecule has 0 fully saturated rings. The minimum Gasteiger partial charge on any atom is -0.465 e. The number of carboxylic acid groups (broad SMARTS) is 1. The number of Topliss-reactive ketones (excluding diaryl/α,β-unsaturated/α-hetero) is 1. The van der Waals surface area contributed by atoms with Crippen molar-refractivity contribution in [2.24, 2.45) is 11.7 Å². The molecular formula is C26H33N5O7. The van der Waals surface area contributed by atoms with Crippen LogP contribution in [0.4, 0.5) is 4.79 Å². The van der Waals surface area contributed by atoms with Crippen LogP contribution in [-0.4, -0.2) is 65.3 Å². The summed E-state index contributed by atoms with van der Waals surface area (Å²) in [5.41, 5.74) is 6.21. The van der Waals surface area contributed by atoms with Crippen molar-refractivity contribution in [3.63, 3.8) is 0 Å². The summed E-state index contributed by atoms with van der Waals surface area (Å²) in [7, 11) is 0. The smallest absolute Gasteiger partial charge is 0.405 e. The lowest BCUT2D eigenvalue weighted by molar-refractivity contribution is -0.140. The Hall–Kier alpha value is -4.48. The normalized spacial score (nSPS) is 13.2. The maximum Gasteiger partial charge on any atom is 0.405 e. The molecule has 0 saturated heterocycles. The molecule has 2 aromatic rings. The van der Waals surface area contributed by atoms with Crippen molar-refractivity contribution in [1.82, 2.24) is 21.3 Å². The van der Waals surface area contributed by atoms with Gasteiger partial charge in [-0.25, -0.2) is 4.79 Å². The first-order valence-electron chi connectivity index (χ1n) is 12.1. The van der Waals surface area contributed by atoms with E-state index in [-0.39, 0.29) is 18.8 Å². The van der Waals surface area contributed by atoms with E-state index in [0.717, 1.165) is 16.3 Å². The van der Waals surface area contributed by atoms with Crippen molar-refractivity contribution >= 4 is 46.3 Å². The molecule has 0 aliphatic heterocycles. The monoisotopic (exact) mass is 527 g/mol. The fraction of sp³-hybridized carbons (Fsp3) is 0.385. The number of carbonyl (C=O) groups excluding carboxylic acids is 5. The van der Waals surface area contributed by atoms with Crippen molar-refractivity contribution in [2.45, 2.75) is 51.7 Å². The van der Waals surface area contributed by atoms with Gasteiger partial charge in [-0.1, -0.05) is 56.3 Å². The summed E-state index contributed by atoms with van der Waals surface area (Å²) in [5, 5.41) is 19.9. The van der Waals surface area contributed by atoms with Gasteiger partial charge in [-0.3, -0.25) is 24.0 Å². The summed E-state index contributed by atoms with van der Waals surface area (Å²) in [6, 6.07) is 9.80. The second-order valence-corrected chi connectivity index (χ2v) is 9.32. The number of amides is 5. The summed E-state index contributed by atoms with van der Waals surface area (Å²) >= 11 is 0. The molecule has 7 N–H and O–H groups in total. The highest BCUT2D eigenvalue weighted by Gasteiger charge is 2.28. The third-order valence-electron chi connectivity index (χ3n) is 5.64. The van der Waals surface area contributed by atoms with Gasteiger partial charge in [0.2, 0.25) is 23.5 Å². The fourth-order valence-corrected chi connectivity index (χ4v) is 3.75. The van der Waals surface area contributed by atoms with Crippen molar-refractivity contribution in [2.75, 3.05) is 6.54 Å². The number of carbonyl (C=O) groups is 6. The number of nitrogens with one attached hydrogen (secondary N) is 4. The number of hydrogen-bond acceptors (Lipinski definition) is 6. The molecule has 12 nitrogen and oxygen atoms in total. The van der Waals surface area contributed by atoms with E-state index in [9.17, 15) is 28.8 Å². The predicted octanol–water partition coefficient (Wildman–Crippen LogP) is 0.225. The molecule has 38 heavy (non-hydrogen) atoms. The Bertz CT molecular complexity index is 1210. The quantitative estimate of drug-likeness (QED) is 0.200. The standard InChI is InChI=1S/C26H33N5O7/c1-14(2)10-20(31-26(37)38)24(35)29-15(3)22(33)25(36)28-13-21(32)30-19(23(27)34)12-16-8-9-17-6-4-5-7-18(17)11-16/h4-9,11,14-15,19-20,31H,10,12-13H2,1-3H3,(H2,27,34)(H,28,36)(H,29,35)(H,30,32)(H,37,38)/t15?,19-,20-/m0/s1. The van der Waals surface area contributed by atoms with Crippen molar-refractivity contribution in [1.29, 1.82) is 0 Å². The van der Waals surface area contributed by atoms with E-state index in [4.69, 9.17) is 10.8 Å². The zero-order valence-electron chi connectivity index (χ0n) is 21.4. The highest BCUT2D eigenvalue weighted by Crippen LogP contribution is 2.16.